The molecule has 0 unspecified atom stereocenters. The highest BCUT2D eigenvalue weighted by Crippen LogP contribution is 2.34. The Morgan fingerprint density at radius 3 is 2.58 bits per heavy atom. The predicted octanol–water partition coefficient (Wildman–Crippen LogP) is 5.32. The van der Waals surface area contributed by atoms with Crippen LogP contribution >= 0.6 is 0 Å². The molecule has 0 aliphatic rings. The van der Waals surface area contributed by atoms with Crippen LogP contribution in [0.2, 0.25) is 0 Å². The molecule has 0 fully saturated rings. The highest BCUT2D eigenvalue weighted by Gasteiger charge is 2.31. The van der Waals surface area contributed by atoms with Crippen molar-refractivity contribution in [3.8, 4) is 11.6 Å². The van der Waals surface area contributed by atoms with Crippen molar-refractivity contribution in [2.45, 2.75) is 6.18 Å². The number of aromatic nitrogens is 2. The van der Waals surface area contributed by atoms with E-state index < -0.39 is 17.6 Å². The van der Waals surface area contributed by atoms with Crippen LogP contribution < -0.4 is 21.1 Å². The number of nitrogens with two attached hydrogens (primary N) is 1. The average molecular weight is 453 g/mol. The summed E-state index contributed by atoms with van der Waals surface area (Å²) in [5.74, 6) is 0.254. The van der Waals surface area contributed by atoms with Gasteiger partial charge in [0.1, 0.15) is 5.75 Å². The van der Waals surface area contributed by atoms with Crippen LogP contribution in [0.4, 0.5) is 30.5 Å². The molecule has 0 aliphatic heterocycles. The fraction of sp³-hybridized carbons (Fsp3) is 0.0870. The number of ether oxygens (including phenoxy) is 1. The number of carbonyl (C=O) groups excluding carboxylic acids is 1. The largest absolute Gasteiger partial charge is 0.439 e. The number of amides is 1. The van der Waals surface area contributed by atoms with Gasteiger partial charge in [0.05, 0.1) is 16.9 Å². The first kappa shape index (κ1) is 21.9. The van der Waals surface area contributed by atoms with Crippen LogP contribution in [0.1, 0.15) is 15.9 Å². The Kier molecular flexibility index (Phi) is 5.74. The number of hydrogen-bond acceptors (Lipinski definition) is 6. The second kappa shape index (κ2) is 8.65. The van der Waals surface area contributed by atoms with Gasteiger partial charge in [0.25, 0.3) is 5.91 Å². The van der Waals surface area contributed by atoms with Crippen LogP contribution in [-0.2, 0) is 6.18 Å². The predicted molar refractivity (Wildman–Crippen MR) is 119 cm³/mol. The van der Waals surface area contributed by atoms with E-state index in [4.69, 9.17) is 10.5 Å². The van der Waals surface area contributed by atoms with E-state index in [2.05, 4.69) is 20.6 Å². The van der Waals surface area contributed by atoms with Crippen molar-refractivity contribution in [3.63, 3.8) is 0 Å². The van der Waals surface area contributed by atoms with Gasteiger partial charge in [-0.3, -0.25) is 4.79 Å². The summed E-state index contributed by atoms with van der Waals surface area (Å²) in [5.41, 5.74) is 5.38. The van der Waals surface area contributed by atoms with Crippen molar-refractivity contribution in [1.29, 1.82) is 0 Å². The summed E-state index contributed by atoms with van der Waals surface area (Å²) in [5, 5.41) is 6.66. The molecule has 4 aromatic rings. The fourth-order valence-corrected chi connectivity index (χ4v) is 3.29. The lowest BCUT2D eigenvalue weighted by atomic mass is 10.0. The molecule has 0 radical (unpaired) electrons. The lowest BCUT2D eigenvalue weighted by Gasteiger charge is -2.15. The molecule has 1 heterocycles. The lowest BCUT2D eigenvalue weighted by Crippen LogP contribution is -2.15. The van der Waals surface area contributed by atoms with Crippen LogP contribution in [0.15, 0.2) is 66.9 Å². The van der Waals surface area contributed by atoms with Crippen LogP contribution in [0, 0.1) is 0 Å². The Hall–Kier alpha value is -4.34. The summed E-state index contributed by atoms with van der Waals surface area (Å²) < 4.78 is 45.1. The molecule has 0 spiro atoms. The molecule has 4 N–H and O–H groups in total. The zero-order valence-corrected chi connectivity index (χ0v) is 17.3. The normalized spacial score (nSPS) is 11.3. The number of benzene rings is 3. The number of nitrogen functional groups attached to an aromatic ring is 1. The molecule has 168 valence electrons. The van der Waals surface area contributed by atoms with Crippen molar-refractivity contribution >= 4 is 34.0 Å². The molecular formula is C23H18F3N5O2. The van der Waals surface area contributed by atoms with Gasteiger partial charge in [-0.2, -0.15) is 18.2 Å². The van der Waals surface area contributed by atoms with E-state index in [-0.39, 0.29) is 17.5 Å². The van der Waals surface area contributed by atoms with Crippen molar-refractivity contribution < 1.29 is 22.7 Å². The smallest absolute Gasteiger partial charge is 0.416 e. The molecule has 33 heavy (non-hydrogen) atoms. The van der Waals surface area contributed by atoms with Crippen LogP contribution in [0.3, 0.4) is 0 Å². The summed E-state index contributed by atoms with van der Waals surface area (Å²) in [6, 6.07) is 14.8. The Morgan fingerprint density at radius 2 is 1.85 bits per heavy atom. The number of rotatable bonds is 5. The fourth-order valence-electron chi connectivity index (χ4n) is 3.29. The molecule has 0 saturated heterocycles. The van der Waals surface area contributed by atoms with Gasteiger partial charge in [-0.1, -0.05) is 12.1 Å². The van der Waals surface area contributed by atoms with Crippen LogP contribution in [-0.4, -0.2) is 22.9 Å². The Morgan fingerprint density at radius 1 is 1.03 bits per heavy atom. The molecule has 0 aliphatic carbocycles. The number of halogens is 3. The molecule has 0 saturated carbocycles. The van der Waals surface area contributed by atoms with Gasteiger partial charge < -0.3 is 21.1 Å². The first-order valence-corrected chi connectivity index (χ1v) is 9.74. The molecular weight excluding hydrogens is 435 g/mol. The number of nitrogens with one attached hydrogen (secondary N) is 2. The molecule has 1 amide bonds. The lowest BCUT2D eigenvalue weighted by molar-refractivity contribution is -0.137. The second-order valence-corrected chi connectivity index (χ2v) is 7.01. The van der Waals surface area contributed by atoms with Crippen molar-refractivity contribution in [3.05, 3.63) is 78.0 Å². The number of carbonyl (C=O) groups is 1. The van der Waals surface area contributed by atoms with Gasteiger partial charge in [-0.25, -0.2) is 4.98 Å². The van der Waals surface area contributed by atoms with E-state index >= 15 is 0 Å². The van der Waals surface area contributed by atoms with Crippen molar-refractivity contribution in [1.82, 2.24) is 9.97 Å². The van der Waals surface area contributed by atoms with Gasteiger partial charge in [0, 0.05) is 24.9 Å². The second-order valence-electron chi connectivity index (χ2n) is 7.01. The molecule has 4 rings (SSSR count). The minimum Gasteiger partial charge on any atom is -0.439 e. The summed E-state index contributed by atoms with van der Waals surface area (Å²) in [6.45, 7) is 0. The number of nitrogens with zero attached hydrogens (tertiary/aromatic N) is 2. The van der Waals surface area contributed by atoms with Crippen LogP contribution in [0.5, 0.6) is 11.6 Å². The highest BCUT2D eigenvalue weighted by molar-refractivity contribution is 6.14. The van der Waals surface area contributed by atoms with Gasteiger partial charge in [0.15, 0.2) is 0 Å². The van der Waals surface area contributed by atoms with E-state index in [1.807, 2.05) is 0 Å². The minimum atomic E-state index is -4.53. The third kappa shape index (κ3) is 4.79. The maximum Gasteiger partial charge on any atom is 0.416 e. The quantitative estimate of drug-likeness (QED) is 0.378. The molecule has 7 nitrogen and oxygen atoms in total. The maximum atomic E-state index is 13.1. The SMILES string of the molecule is CNc1ccc(C(F)(F)F)cc1NC(=O)c1cccc2cc(Oc3ccnc(N)n3)ccc12. The molecule has 3 aromatic carbocycles. The van der Waals surface area contributed by atoms with Gasteiger partial charge in [0.2, 0.25) is 11.8 Å². The van der Waals surface area contributed by atoms with E-state index in [0.29, 0.717) is 27.8 Å². The summed E-state index contributed by atoms with van der Waals surface area (Å²) in [4.78, 5) is 20.8. The molecule has 0 atom stereocenters. The zero-order chi connectivity index (χ0) is 23.6. The number of alkyl halides is 3. The van der Waals surface area contributed by atoms with Gasteiger partial charge in [-0.15, -0.1) is 0 Å². The van der Waals surface area contributed by atoms with E-state index in [0.717, 1.165) is 12.1 Å². The number of anilines is 3. The summed E-state index contributed by atoms with van der Waals surface area (Å²) in [7, 11) is 1.56. The monoisotopic (exact) mass is 453 g/mol. The van der Waals surface area contributed by atoms with Gasteiger partial charge in [-0.05, 0) is 53.2 Å². The number of hydrogen-bond donors (Lipinski definition) is 3. The number of fused-ring (bicyclic) bond motifs is 1. The van der Waals surface area contributed by atoms with Crippen LogP contribution in [0.25, 0.3) is 10.8 Å². The highest BCUT2D eigenvalue weighted by atomic mass is 19.4. The topological polar surface area (TPSA) is 102 Å². The minimum absolute atomic E-state index is 0.0237. The Balaban J connectivity index is 1.64. The maximum absolute atomic E-state index is 13.1. The zero-order valence-electron chi connectivity index (χ0n) is 17.3. The van der Waals surface area contributed by atoms with Gasteiger partial charge >= 0.3 is 6.18 Å². The third-order valence-electron chi connectivity index (χ3n) is 4.83. The van der Waals surface area contributed by atoms with E-state index in [1.54, 1.807) is 49.5 Å². The van der Waals surface area contributed by atoms with Crippen molar-refractivity contribution in [2.24, 2.45) is 0 Å². The van der Waals surface area contributed by atoms with E-state index in [1.165, 1.54) is 12.3 Å². The molecule has 10 heteroatoms. The third-order valence-corrected chi connectivity index (χ3v) is 4.83. The summed E-state index contributed by atoms with van der Waals surface area (Å²) >= 11 is 0. The molecule has 1 aromatic heterocycles. The Labute approximate surface area is 186 Å². The molecule has 0 bridgehead atoms. The summed E-state index contributed by atoms with van der Waals surface area (Å²) in [6.07, 6.45) is -3.07. The van der Waals surface area contributed by atoms with Crippen molar-refractivity contribution in [2.75, 3.05) is 23.4 Å². The Bertz CT molecular complexity index is 1340. The standard InChI is InChI=1S/C23H18F3N5O2/c1-28-18-8-5-14(23(24,25)26)12-19(18)30-21(32)17-4-2-3-13-11-15(6-7-16(13)17)33-20-9-10-29-22(27)31-20/h2-12,28H,1H3,(H,30,32)(H2,27,29,31). The average Bonchev–Trinajstić information content (AvgIpc) is 2.78. The van der Waals surface area contributed by atoms with E-state index in [9.17, 15) is 18.0 Å². The first-order valence-electron chi connectivity index (χ1n) is 9.74. The first-order chi connectivity index (χ1) is 15.7.